The number of hydrogen-bond donors (Lipinski definition) is 1. The number of para-hydroxylation sites is 1. The van der Waals surface area contributed by atoms with E-state index < -0.39 is 15.9 Å². The first kappa shape index (κ1) is 22.7. The Balaban J connectivity index is 2.21. The standard InChI is InChI=1S/C21H28N2O5S/c1-6-15-9-8-10-16(7-2)21(15)22-20(24)14-23(3)29(25,26)17-11-12-18(27-4)19(13-17)28-5/h8-13H,6-7,14H2,1-5H3,(H,22,24). The highest BCUT2D eigenvalue weighted by molar-refractivity contribution is 7.89. The van der Waals surface area contributed by atoms with E-state index in [1.807, 2.05) is 32.0 Å². The van der Waals surface area contributed by atoms with E-state index >= 15 is 0 Å². The number of carbonyl (C=O) groups excluding carboxylic acids is 1. The molecule has 29 heavy (non-hydrogen) atoms. The minimum absolute atomic E-state index is 0.0219. The van der Waals surface area contributed by atoms with Crippen molar-refractivity contribution >= 4 is 21.6 Å². The number of anilines is 1. The maximum absolute atomic E-state index is 12.9. The number of sulfonamides is 1. The number of methoxy groups -OCH3 is 2. The van der Waals surface area contributed by atoms with Crippen LogP contribution in [-0.2, 0) is 27.7 Å². The van der Waals surface area contributed by atoms with Crippen LogP contribution in [0.2, 0.25) is 0 Å². The van der Waals surface area contributed by atoms with Gasteiger partial charge in [-0.2, -0.15) is 4.31 Å². The van der Waals surface area contributed by atoms with E-state index in [1.54, 1.807) is 0 Å². The Hall–Kier alpha value is -2.58. The largest absolute Gasteiger partial charge is 0.493 e. The first-order valence-electron chi connectivity index (χ1n) is 9.37. The van der Waals surface area contributed by atoms with Crippen LogP contribution in [0.25, 0.3) is 0 Å². The third-order valence-electron chi connectivity index (χ3n) is 4.69. The fourth-order valence-corrected chi connectivity index (χ4v) is 4.17. The molecule has 0 fully saturated rings. The molecule has 158 valence electrons. The number of aryl methyl sites for hydroxylation is 2. The molecule has 0 atom stereocenters. The summed E-state index contributed by atoms with van der Waals surface area (Å²) in [6.07, 6.45) is 1.53. The molecule has 2 aromatic rings. The van der Waals surface area contributed by atoms with Crippen LogP contribution in [0, 0.1) is 0 Å². The van der Waals surface area contributed by atoms with Crippen molar-refractivity contribution in [2.75, 3.05) is 33.1 Å². The van der Waals surface area contributed by atoms with Gasteiger partial charge in [-0.3, -0.25) is 4.79 Å². The quantitative estimate of drug-likeness (QED) is 0.674. The second-order valence-electron chi connectivity index (χ2n) is 6.48. The fraction of sp³-hybridized carbons (Fsp3) is 0.381. The smallest absolute Gasteiger partial charge is 0.243 e. The molecule has 8 heteroatoms. The molecule has 1 amide bonds. The van der Waals surface area contributed by atoms with Gasteiger partial charge in [0.25, 0.3) is 0 Å². The van der Waals surface area contributed by atoms with Gasteiger partial charge in [0, 0.05) is 18.8 Å². The van der Waals surface area contributed by atoms with Crippen molar-refractivity contribution in [3.63, 3.8) is 0 Å². The number of amides is 1. The van der Waals surface area contributed by atoms with Crippen LogP contribution in [0.3, 0.4) is 0 Å². The maximum Gasteiger partial charge on any atom is 0.243 e. The van der Waals surface area contributed by atoms with Gasteiger partial charge in [0.05, 0.1) is 25.7 Å². The molecule has 0 aromatic heterocycles. The topological polar surface area (TPSA) is 84.9 Å². The van der Waals surface area contributed by atoms with Crippen LogP contribution in [-0.4, -0.2) is 46.4 Å². The summed E-state index contributed by atoms with van der Waals surface area (Å²) in [6.45, 7) is 3.72. The Morgan fingerprint density at radius 1 is 1.00 bits per heavy atom. The number of likely N-dealkylation sites (N-methyl/N-ethyl adjacent to an activating group) is 1. The summed E-state index contributed by atoms with van der Waals surface area (Å²) in [6, 6.07) is 10.2. The Bertz CT molecular complexity index is 951. The number of hydrogen-bond acceptors (Lipinski definition) is 5. The highest BCUT2D eigenvalue weighted by atomic mass is 32.2. The van der Waals surface area contributed by atoms with Crippen molar-refractivity contribution in [2.45, 2.75) is 31.6 Å². The molecule has 0 bridgehead atoms. The van der Waals surface area contributed by atoms with E-state index in [-0.39, 0.29) is 11.4 Å². The molecule has 0 radical (unpaired) electrons. The number of nitrogens with one attached hydrogen (secondary N) is 1. The Labute approximate surface area is 172 Å². The SMILES string of the molecule is CCc1cccc(CC)c1NC(=O)CN(C)S(=O)(=O)c1ccc(OC)c(OC)c1. The van der Waals surface area contributed by atoms with Crippen molar-refractivity contribution in [2.24, 2.45) is 0 Å². The van der Waals surface area contributed by atoms with Crippen molar-refractivity contribution in [3.8, 4) is 11.5 Å². The van der Waals surface area contributed by atoms with Gasteiger partial charge in [0.15, 0.2) is 11.5 Å². The lowest BCUT2D eigenvalue weighted by Gasteiger charge is -2.19. The summed E-state index contributed by atoms with van der Waals surface area (Å²) in [7, 11) is 0.401. The van der Waals surface area contributed by atoms with E-state index in [4.69, 9.17) is 9.47 Å². The summed E-state index contributed by atoms with van der Waals surface area (Å²) >= 11 is 0. The van der Waals surface area contributed by atoms with E-state index in [0.29, 0.717) is 11.5 Å². The molecule has 2 rings (SSSR count). The molecular weight excluding hydrogens is 392 g/mol. The number of benzene rings is 2. The van der Waals surface area contributed by atoms with E-state index in [2.05, 4.69) is 5.32 Å². The zero-order valence-electron chi connectivity index (χ0n) is 17.5. The number of carbonyl (C=O) groups is 1. The van der Waals surface area contributed by atoms with Crippen molar-refractivity contribution in [3.05, 3.63) is 47.5 Å². The second kappa shape index (κ2) is 9.76. The second-order valence-corrected chi connectivity index (χ2v) is 8.53. The van der Waals surface area contributed by atoms with Crippen LogP contribution in [0.4, 0.5) is 5.69 Å². The molecule has 2 aromatic carbocycles. The lowest BCUT2D eigenvalue weighted by Crippen LogP contribution is -2.35. The first-order chi connectivity index (χ1) is 13.8. The fourth-order valence-electron chi connectivity index (χ4n) is 3.03. The van der Waals surface area contributed by atoms with Crippen LogP contribution in [0.1, 0.15) is 25.0 Å². The van der Waals surface area contributed by atoms with Gasteiger partial charge in [0.2, 0.25) is 15.9 Å². The molecule has 0 heterocycles. The zero-order chi connectivity index (χ0) is 21.6. The van der Waals surface area contributed by atoms with Gasteiger partial charge in [-0.25, -0.2) is 8.42 Å². The van der Waals surface area contributed by atoms with Gasteiger partial charge in [-0.15, -0.1) is 0 Å². The molecule has 1 N–H and O–H groups in total. The third kappa shape index (κ3) is 5.07. The minimum atomic E-state index is -3.88. The van der Waals surface area contributed by atoms with E-state index in [9.17, 15) is 13.2 Å². The van der Waals surface area contributed by atoms with Crippen molar-refractivity contribution in [1.29, 1.82) is 0 Å². The molecule has 0 aliphatic carbocycles. The van der Waals surface area contributed by atoms with Gasteiger partial charge in [-0.1, -0.05) is 32.0 Å². The summed E-state index contributed by atoms with van der Waals surface area (Å²) in [5.74, 6) is 0.332. The Kier molecular flexibility index (Phi) is 7.64. The molecule has 7 nitrogen and oxygen atoms in total. The van der Waals surface area contributed by atoms with Gasteiger partial charge >= 0.3 is 0 Å². The summed E-state index contributed by atoms with van der Waals surface area (Å²) in [4.78, 5) is 12.6. The molecule has 0 spiro atoms. The molecule has 0 saturated heterocycles. The summed E-state index contributed by atoms with van der Waals surface area (Å²) in [5, 5.41) is 2.89. The lowest BCUT2D eigenvalue weighted by atomic mass is 10.0. The van der Waals surface area contributed by atoms with Gasteiger partial charge < -0.3 is 14.8 Å². The average Bonchev–Trinajstić information content (AvgIpc) is 2.72. The predicted molar refractivity (Wildman–Crippen MR) is 113 cm³/mol. The van der Waals surface area contributed by atoms with Crippen molar-refractivity contribution < 1.29 is 22.7 Å². The normalized spacial score (nSPS) is 11.4. The van der Waals surface area contributed by atoms with Gasteiger partial charge in [-0.05, 0) is 36.1 Å². The number of rotatable bonds is 9. The van der Waals surface area contributed by atoms with Crippen LogP contribution in [0.5, 0.6) is 11.5 Å². The first-order valence-corrected chi connectivity index (χ1v) is 10.8. The predicted octanol–water partition coefficient (Wildman–Crippen LogP) is 3.09. The molecule has 0 unspecified atom stereocenters. The number of nitrogens with zero attached hydrogens (tertiary/aromatic N) is 1. The summed E-state index contributed by atoms with van der Waals surface area (Å²) in [5.41, 5.74) is 2.80. The van der Waals surface area contributed by atoms with Crippen LogP contribution < -0.4 is 14.8 Å². The Morgan fingerprint density at radius 2 is 1.59 bits per heavy atom. The molecule has 0 saturated carbocycles. The average molecular weight is 421 g/mol. The Morgan fingerprint density at radius 3 is 2.10 bits per heavy atom. The molecule has 0 aliphatic rings. The van der Waals surface area contributed by atoms with Gasteiger partial charge in [0.1, 0.15) is 0 Å². The summed E-state index contributed by atoms with van der Waals surface area (Å²) < 4.78 is 37.1. The minimum Gasteiger partial charge on any atom is -0.493 e. The maximum atomic E-state index is 12.9. The number of ether oxygens (including phenoxy) is 2. The van der Waals surface area contributed by atoms with E-state index in [0.717, 1.165) is 34.0 Å². The van der Waals surface area contributed by atoms with Crippen LogP contribution in [0.15, 0.2) is 41.3 Å². The van der Waals surface area contributed by atoms with Crippen LogP contribution >= 0.6 is 0 Å². The third-order valence-corrected chi connectivity index (χ3v) is 6.49. The monoisotopic (exact) mass is 420 g/mol. The molecular formula is C21H28N2O5S. The highest BCUT2D eigenvalue weighted by Gasteiger charge is 2.25. The zero-order valence-corrected chi connectivity index (χ0v) is 18.3. The van der Waals surface area contributed by atoms with E-state index in [1.165, 1.54) is 39.5 Å². The highest BCUT2D eigenvalue weighted by Crippen LogP contribution is 2.30. The van der Waals surface area contributed by atoms with Crippen molar-refractivity contribution in [1.82, 2.24) is 4.31 Å². The lowest BCUT2D eigenvalue weighted by molar-refractivity contribution is -0.116. The molecule has 0 aliphatic heterocycles.